The van der Waals surface area contributed by atoms with E-state index in [1.165, 1.54) is 19.3 Å². The molecule has 72 valence electrons. The van der Waals surface area contributed by atoms with Gasteiger partial charge in [0.1, 0.15) is 0 Å². The van der Waals surface area contributed by atoms with E-state index < -0.39 is 0 Å². The Morgan fingerprint density at radius 1 is 1.50 bits per heavy atom. The van der Waals surface area contributed by atoms with E-state index in [0.29, 0.717) is 6.04 Å². The number of nitrogens with zero attached hydrogens (tertiary/aromatic N) is 1. The van der Waals surface area contributed by atoms with E-state index in [2.05, 4.69) is 25.7 Å². The van der Waals surface area contributed by atoms with Crippen LogP contribution in [0.5, 0.6) is 0 Å². The first-order valence-electron chi connectivity index (χ1n) is 5.16. The molecule has 0 spiro atoms. The van der Waals surface area contributed by atoms with Gasteiger partial charge < -0.3 is 5.73 Å². The van der Waals surface area contributed by atoms with Crippen molar-refractivity contribution in [1.29, 1.82) is 0 Å². The van der Waals surface area contributed by atoms with Crippen LogP contribution < -0.4 is 5.73 Å². The van der Waals surface area contributed by atoms with E-state index in [1.54, 1.807) is 0 Å². The van der Waals surface area contributed by atoms with Crippen LogP contribution in [-0.4, -0.2) is 29.6 Å². The fourth-order valence-corrected chi connectivity index (χ4v) is 2.23. The summed E-state index contributed by atoms with van der Waals surface area (Å²) in [5, 5.41) is 0. The summed E-state index contributed by atoms with van der Waals surface area (Å²) in [6.45, 7) is 7.76. The lowest BCUT2D eigenvalue weighted by Gasteiger charge is -2.29. The molecule has 1 aliphatic heterocycles. The summed E-state index contributed by atoms with van der Waals surface area (Å²) in [6.07, 6.45) is 3.99. The molecule has 0 amide bonds. The van der Waals surface area contributed by atoms with E-state index in [0.717, 1.165) is 18.6 Å². The second-order valence-corrected chi connectivity index (χ2v) is 4.16. The maximum absolute atomic E-state index is 5.81. The smallest absolute Gasteiger partial charge is 0.0139 e. The van der Waals surface area contributed by atoms with Gasteiger partial charge in [-0.05, 0) is 33.1 Å². The quantitative estimate of drug-likeness (QED) is 0.697. The van der Waals surface area contributed by atoms with Gasteiger partial charge in [-0.15, -0.1) is 0 Å². The van der Waals surface area contributed by atoms with Crippen LogP contribution in [0.4, 0.5) is 0 Å². The molecule has 0 aromatic heterocycles. The average Bonchev–Trinajstić information content (AvgIpc) is 2.32. The fraction of sp³-hybridized carbons (Fsp3) is 1.00. The van der Waals surface area contributed by atoms with E-state index in [4.69, 9.17) is 5.73 Å². The van der Waals surface area contributed by atoms with Crippen molar-refractivity contribution in [3.05, 3.63) is 0 Å². The largest absolute Gasteiger partial charge is 0.327 e. The van der Waals surface area contributed by atoms with Gasteiger partial charge in [0.25, 0.3) is 0 Å². The highest BCUT2D eigenvalue weighted by molar-refractivity contribution is 4.85. The van der Waals surface area contributed by atoms with Crippen LogP contribution in [0.15, 0.2) is 0 Å². The molecule has 0 aliphatic carbocycles. The van der Waals surface area contributed by atoms with Gasteiger partial charge in [0.05, 0.1) is 0 Å². The standard InChI is InChI=1S/C10H22N2/c1-4-10-6-5-9(3)12(10)7-8(2)11/h8-10H,4-7,11H2,1-3H3. The monoisotopic (exact) mass is 170 g/mol. The van der Waals surface area contributed by atoms with Crippen molar-refractivity contribution < 1.29 is 0 Å². The third-order valence-corrected chi connectivity index (χ3v) is 2.92. The molecular formula is C10H22N2. The van der Waals surface area contributed by atoms with Gasteiger partial charge in [-0.1, -0.05) is 6.92 Å². The molecule has 1 aliphatic rings. The maximum atomic E-state index is 5.81. The van der Waals surface area contributed by atoms with Crippen LogP contribution in [0.1, 0.15) is 40.0 Å². The maximum Gasteiger partial charge on any atom is 0.0139 e. The highest BCUT2D eigenvalue weighted by Crippen LogP contribution is 2.25. The Balaban J connectivity index is 2.46. The molecule has 0 saturated carbocycles. The zero-order valence-corrected chi connectivity index (χ0v) is 8.59. The molecule has 1 rings (SSSR count). The number of hydrogen-bond donors (Lipinski definition) is 1. The molecule has 2 N–H and O–H groups in total. The van der Waals surface area contributed by atoms with E-state index in [1.807, 2.05) is 0 Å². The van der Waals surface area contributed by atoms with Crippen LogP contribution in [0.3, 0.4) is 0 Å². The van der Waals surface area contributed by atoms with Gasteiger partial charge in [0.15, 0.2) is 0 Å². The molecule has 1 heterocycles. The third-order valence-electron chi connectivity index (χ3n) is 2.92. The van der Waals surface area contributed by atoms with Gasteiger partial charge in [-0.3, -0.25) is 4.90 Å². The first kappa shape index (κ1) is 10.0. The first-order chi connectivity index (χ1) is 5.65. The summed E-state index contributed by atoms with van der Waals surface area (Å²) in [4.78, 5) is 2.57. The normalized spacial score (nSPS) is 34.0. The lowest BCUT2D eigenvalue weighted by molar-refractivity contribution is 0.189. The highest BCUT2D eigenvalue weighted by Gasteiger charge is 2.29. The van der Waals surface area contributed by atoms with Gasteiger partial charge in [-0.25, -0.2) is 0 Å². The molecule has 12 heavy (non-hydrogen) atoms. The van der Waals surface area contributed by atoms with Crippen molar-refractivity contribution in [1.82, 2.24) is 4.90 Å². The summed E-state index contributed by atoms with van der Waals surface area (Å²) >= 11 is 0. The Bertz CT molecular complexity index is 134. The Labute approximate surface area is 76.1 Å². The molecule has 0 bridgehead atoms. The summed E-state index contributed by atoms with van der Waals surface area (Å²) in [7, 11) is 0. The highest BCUT2D eigenvalue weighted by atomic mass is 15.2. The third kappa shape index (κ3) is 2.20. The van der Waals surface area contributed by atoms with E-state index in [-0.39, 0.29) is 0 Å². The predicted molar refractivity (Wildman–Crippen MR) is 53.1 cm³/mol. The Kier molecular flexibility index (Phi) is 3.53. The van der Waals surface area contributed by atoms with Crippen molar-refractivity contribution in [3.8, 4) is 0 Å². The SMILES string of the molecule is CCC1CCC(C)N1CC(C)N. The van der Waals surface area contributed by atoms with E-state index in [9.17, 15) is 0 Å². The zero-order chi connectivity index (χ0) is 9.14. The Morgan fingerprint density at radius 2 is 2.17 bits per heavy atom. The zero-order valence-electron chi connectivity index (χ0n) is 8.59. The molecule has 0 radical (unpaired) electrons. The minimum Gasteiger partial charge on any atom is -0.327 e. The van der Waals surface area contributed by atoms with Crippen LogP contribution in [0.25, 0.3) is 0 Å². The number of rotatable bonds is 3. The van der Waals surface area contributed by atoms with Crippen molar-refractivity contribution >= 4 is 0 Å². The van der Waals surface area contributed by atoms with Crippen LogP contribution in [0.2, 0.25) is 0 Å². The minimum absolute atomic E-state index is 0.319. The van der Waals surface area contributed by atoms with Crippen molar-refractivity contribution in [2.24, 2.45) is 5.73 Å². The number of hydrogen-bond acceptors (Lipinski definition) is 2. The molecule has 3 unspecified atom stereocenters. The van der Waals surface area contributed by atoms with Crippen LogP contribution in [-0.2, 0) is 0 Å². The van der Waals surface area contributed by atoms with E-state index >= 15 is 0 Å². The van der Waals surface area contributed by atoms with Crippen molar-refractivity contribution in [2.45, 2.75) is 58.2 Å². The lowest BCUT2D eigenvalue weighted by Crippen LogP contribution is -2.41. The first-order valence-corrected chi connectivity index (χ1v) is 5.16. The molecule has 2 nitrogen and oxygen atoms in total. The predicted octanol–water partition coefficient (Wildman–Crippen LogP) is 1.60. The lowest BCUT2D eigenvalue weighted by atomic mass is 10.1. The molecule has 0 aromatic carbocycles. The van der Waals surface area contributed by atoms with Gasteiger partial charge in [0.2, 0.25) is 0 Å². The minimum atomic E-state index is 0.319. The Hall–Kier alpha value is -0.0800. The van der Waals surface area contributed by atoms with Crippen LogP contribution >= 0.6 is 0 Å². The van der Waals surface area contributed by atoms with Crippen molar-refractivity contribution in [2.75, 3.05) is 6.54 Å². The summed E-state index contributed by atoms with van der Waals surface area (Å²) in [6, 6.07) is 1.87. The second kappa shape index (κ2) is 4.24. The summed E-state index contributed by atoms with van der Waals surface area (Å²) in [5.41, 5.74) is 5.81. The van der Waals surface area contributed by atoms with Gasteiger partial charge in [0, 0.05) is 24.7 Å². The van der Waals surface area contributed by atoms with Gasteiger partial charge in [-0.2, -0.15) is 0 Å². The molecule has 0 aromatic rings. The average molecular weight is 170 g/mol. The molecular weight excluding hydrogens is 148 g/mol. The fourth-order valence-electron chi connectivity index (χ4n) is 2.23. The van der Waals surface area contributed by atoms with Gasteiger partial charge >= 0.3 is 0 Å². The van der Waals surface area contributed by atoms with Crippen molar-refractivity contribution in [3.63, 3.8) is 0 Å². The topological polar surface area (TPSA) is 29.3 Å². The Morgan fingerprint density at radius 3 is 2.67 bits per heavy atom. The molecule has 1 saturated heterocycles. The number of likely N-dealkylation sites (tertiary alicyclic amines) is 1. The molecule has 2 heteroatoms. The van der Waals surface area contributed by atoms with Crippen LogP contribution in [0, 0.1) is 0 Å². The number of nitrogens with two attached hydrogens (primary N) is 1. The second-order valence-electron chi connectivity index (χ2n) is 4.16. The summed E-state index contributed by atoms with van der Waals surface area (Å²) < 4.78 is 0. The molecule has 1 fully saturated rings. The molecule has 3 atom stereocenters. The summed E-state index contributed by atoms with van der Waals surface area (Å²) in [5.74, 6) is 0.